The van der Waals surface area contributed by atoms with E-state index in [9.17, 15) is 13.2 Å². The summed E-state index contributed by atoms with van der Waals surface area (Å²) in [6.07, 6.45) is 1.82. The minimum Gasteiger partial charge on any atom is -0.492 e. The molecule has 0 bridgehead atoms. The van der Waals surface area contributed by atoms with Gasteiger partial charge in [0.1, 0.15) is 5.75 Å². The highest BCUT2D eigenvalue weighted by molar-refractivity contribution is 7.92. The van der Waals surface area contributed by atoms with Crippen molar-refractivity contribution in [2.45, 2.75) is 19.8 Å². The number of likely N-dealkylation sites (N-methyl/N-ethyl adjacent to an activating group) is 1. The van der Waals surface area contributed by atoms with Gasteiger partial charge in [-0.1, -0.05) is 30.3 Å². The summed E-state index contributed by atoms with van der Waals surface area (Å²) in [6, 6.07) is 17.0. The molecule has 2 aromatic carbocycles. The minimum absolute atomic E-state index is 0.0944. The SMILES string of the molecule is CCOc1ccccc1N(CCCC(=O)NCCN(C)c1ccccc1)S(C)(=O)=O. The topological polar surface area (TPSA) is 79.0 Å². The largest absolute Gasteiger partial charge is 0.492 e. The monoisotopic (exact) mass is 433 g/mol. The van der Waals surface area contributed by atoms with Crippen LogP contribution in [0.15, 0.2) is 54.6 Å². The van der Waals surface area contributed by atoms with Crippen molar-refractivity contribution >= 4 is 27.3 Å². The van der Waals surface area contributed by atoms with Gasteiger partial charge in [0.2, 0.25) is 15.9 Å². The number of ether oxygens (including phenoxy) is 1. The molecule has 0 aliphatic carbocycles. The van der Waals surface area contributed by atoms with E-state index in [-0.39, 0.29) is 18.9 Å². The first-order valence-corrected chi connectivity index (χ1v) is 11.9. The van der Waals surface area contributed by atoms with Gasteiger partial charge in [0.05, 0.1) is 18.6 Å². The number of carbonyl (C=O) groups is 1. The first kappa shape index (κ1) is 23.5. The average molecular weight is 434 g/mol. The fourth-order valence-electron chi connectivity index (χ4n) is 3.05. The van der Waals surface area contributed by atoms with Crippen molar-refractivity contribution in [3.8, 4) is 5.75 Å². The lowest BCUT2D eigenvalue weighted by molar-refractivity contribution is -0.121. The van der Waals surface area contributed by atoms with Gasteiger partial charge < -0.3 is 15.0 Å². The number of rotatable bonds is 12. The van der Waals surface area contributed by atoms with Crippen LogP contribution in [0.1, 0.15) is 19.8 Å². The van der Waals surface area contributed by atoms with Crippen LogP contribution >= 0.6 is 0 Å². The van der Waals surface area contributed by atoms with Crippen molar-refractivity contribution in [3.05, 3.63) is 54.6 Å². The molecular formula is C22H31N3O4S. The zero-order valence-electron chi connectivity index (χ0n) is 17.9. The molecule has 2 aromatic rings. The van der Waals surface area contributed by atoms with E-state index < -0.39 is 10.0 Å². The van der Waals surface area contributed by atoms with Crippen LogP contribution in [0, 0.1) is 0 Å². The maximum absolute atomic E-state index is 12.3. The maximum atomic E-state index is 12.3. The second-order valence-electron chi connectivity index (χ2n) is 6.95. The summed E-state index contributed by atoms with van der Waals surface area (Å²) >= 11 is 0. The summed E-state index contributed by atoms with van der Waals surface area (Å²) in [6.45, 7) is 3.70. The third-order valence-corrected chi connectivity index (χ3v) is 5.75. The molecule has 2 rings (SSSR count). The number of hydrogen-bond donors (Lipinski definition) is 1. The zero-order chi connectivity index (χ0) is 22.0. The van der Waals surface area contributed by atoms with Gasteiger partial charge in [-0.2, -0.15) is 0 Å². The fourth-order valence-corrected chi connectivity index (χ4v) is 4.02. The number of anilines is 2. The number of hydrogen-bond acceptors (Lipinski definition) is 5. The first-order chi connectivity index (χ1) is 14.3. The molecule has 7 nitrogen and oxygen atoms in total. The Hall–Kier alpha value is -2.74. The van der Waals surface area contributed by atoms with Gasteiger partial charge in [-0.15, -0.1) is 0 Å². The molecule has 0 saturated carbocycles. The summed E-state index contributed by atoms with van der Waals surface area (Å²) < 4.78 is 31.5. The van der Waals surface area contributed by atoms with Crippen molar-refractivity contribution in [1.29, 1.82) is 0 Å². The Morgan fingerprint density at radius 3 is 2.37 bits per heavy atom. The van der Waals surface area contributed by atoms with Crippen molar-refractivity contribution in [2.24, 2.45) is 0 Å². The number of amides is 1. The molecule has 0 heterocycles. The molecule has 8 heteroatoms. The highest BCUT2D eigenvalue weighted by atomic mass is 32.2. The molecule has 0 aliphatic heterocycles. The third kappa shape index (κ3) is 7.26. The zero-order valence-corrected chi connectivity index (χ0v) is 18.7. The van der Waals surface area contributed by atoms with Gasteiger partial charge in [0, 0.05) is 38.8 Å². The molecule has 0 spiro atoms. The van der Waals surface area contributed by atoms with E-state index in [1.54, 1.807) is 24.3 Å². The van der Waals surface area contributed by atoms with Crippen LogP contribution in [0.2, 0.25) is 0 Å². The number of benzene rings is 2. The van der Waals surface area contributed by atoms with Crippen LogP contribution < -0.4 is 19.3 Å². The maximum Gasteiger partial charge on any atom is 0.232 e. The quantitative estimate of drug-likeness (QED) is 0.557. The Labute approximate surface area is 179 Å². The van der Waals surface area contributed by atoms with Crippen LogP contribution in [-0.4, -0.2) is 53.9 Å². The van der Waals surface area contributed by atoms with Gasteiger partial charge in [-0.05, 0) is 37.6 Å². The highest BCUT2D eigenvalue weighted by Gasteiger charge is 2.21. The van der Waals surface area contributed by atoms with Crippen LogP contribution in [0.25, 0.3) is 0 Å². The Morgan fingerprint density at radius 1 is 1.03 bits per heavy atom. The highest BCUT2D eigenvalue weighted by Crippen LogP contribution is 2.30. The first-order valence-electron chi connectivity index (χ1n) is 10.1. The van der Waals surface area contributed by atoms with Crippen LogP contribution in [0.5, 0.6) is 5.75 Å². The van der Waals surface area contributed by atoms with Crippen LogP contribution in [-0.2, 0) is 14.8 Å². The van der Waals surface area contributed by atoms with Crippen molar-refractivity contribution in [2.75, 3.05) is 48.7 Å². The van der Waals surface area contributed by atoms with Gasteiger partial charge in [0.15, 0.2) is 0 Å². The predicted molar refractivity (Wildman–Crippen MR) is 122 cm³/mol. The second kappa shape index (κ2) is 11.4. The summed E-state index contributed by atoms with van der Waals surface area (Å²) in [4.78, 5) is 14.2. The number of nitrogens with one attached hydrogen (secondary N) is 1. The molecule has 1 amide bonds. The van der Waals surface area contributed by atoms with Gasteiger partial charge in [-0.25, -0.2) is 8.42 Å². The molecule has 0 fully saturated rings. The molecule has 0 radical (unpaired) electrons. The van der Waals surface area contributed by atoms with E-state index in [1.165, 1.54) is 4.31 Å². The third-order valence-electron chi connectivity index (χ3n) is 4.57. The van der Waals surface area contributed by atoms with Crippen LogP contribution in [0.3, 0.4) is 0 Å². The van der Waals surface area contributed by atoms with Gasteiger partial charge >= 0.3 is 0 Å². The van der Waals surface area contributed by atoms with Crippen molar-refractivity contribution in [3.63, 3.8) is 0 Å². The Kier molecular flexibility index (Phi) is 8.98. The second-order valence-corrected chi connectivity index (χ2v) is 8.85. The molecule has 0 saturated heterocycles. The van der Waals surface area contributed by atoms with E-state index in [2.05, 4.69) is 10.2 Å². The molecule has 1 N–H and O–H groups in total. The lowest BCUT2D eigenvalue weighted by Gasteiger charge is -2.24. The fraction of sp³-hybridized carbons (Fsp3) is 0.409. The van der Waals surface area contributed by atoms with Gasteiger partial charge in [-0.3, -0.25) is 9.10 Å². The average Bonchev–Trinajstić information content (AvgIpc) is 2.72. The number of para-hydroxylation sites is 3. The standard InChI is InChI=1S/C22H31N3O4S/c1-4-29-21-14-9-8-13-20(21)25(30(3,27)28)17-10-15-22(26)23-16-18-24(2)19-11-6-5-7-12-19/h5-9,11-14H,4,10,15-18H2,1-3H3,(H,23,26). The Balaban J connectivity index is 1.84. The molecule has 164 valence electrons. The molecule has 0 unspecified atom stereocenters. The molecule has 30 heavy (non-hydrogen) atoms. The number of carbonyl (C=O) groups excluding carboxylic acids is 1. The van der Waals surface area contributed by atoms with E-state index in [0.717, 1.165) is 11.9 Å². The summed E-state index contributed by atoms with van der Waals surface area (Å²) in [5, 5.41) is 2.89. The number of sulfonamides is 1. The molecular weight excluding hydrogens is 402 g/mol. The van der Waals surface area contributed by atoms with Crippen molar-refractivity contribution in [1.82, 2.24) is 5.32 Å². The molecule has 0 atom stereocenters. The van der Waals surface area contributed by atoms with E-state index in [1.807, 2.05) is 44.3 Å². The summed E-state index contributed by atoms with van der Waals surface area (Å²) in [7, 11) is -1.53. The predicted octanol–water partition coefficient (Wildman–Crippen LogP) is 2.88. The lowest BCUT2D eigenvalue weighted by atomic mass is 10.2. The summed E-state index contributed by atoms with van der Waals surface area (Å²) in [5.74, 6) is 0.418. The van der Waals surface area contributed by atoms with E-state index >= 15 is 0 Å². The van der Waals surface area contributed by atoms with E-state index in [0.29, 0.717) is 37.6 Å². The minimum atomic E-state index is -3.50. The van der Waals surface area contributed by atoms with Gasteiger partial charge in [0.25, 0.3) is 0 Å². The Morgan fingerprint density at radius 2 is 1.70 bits per heavy atom. The lowest BCUT2D eigenvalue weighted by Crippen LogP contribution is -2.34. The Bertz CT molecular complexity index is 904. The smallest absolute Gasteiger partial charge is 0.232 e. The molecule has 0 aliphatic rings. The molecule has 0 aromatic heterocycles. The number of nitrogens with zero attached hydrogens (tertiary/aromatic N) is 2. The van der Waals surface area contributed by atoms with E-state index in [4.69, 9.17) is 4.74 Å². The summed E-state index contributed by atoms with van der Waals surface area (Å²) in [5.41, 5.74) is 1.58. The normalized spacial score (nSPS) is 11.0. The van der Waals surface area contributed by atoms with Crippen LogP contribution in [0.4, 0.5) is 11.4 Å². The van der Waals surface area contributed by atoms with Crippen molar-refractivity contribution < 1.29 is 17.9 Å².